The average Bonchev–Trinajstić information content (AvgIpc) is 3.35. The van der Waals surface area contributed by atoms with E-state index < -0.39 is 12.1 Å². The second-order valence-electron chi connectivity index (χ2n) is 7.40. The van der Waals surface area contributed by atoms with Gasteiger partial charge in [0.15, 0.2) is 6.10 Å². The third-order valence-corrected chi connectivity index (χ3v) is 5.05. The molecule has 0 radical (unpaired) electrons. The number of carbonyl (C=O) groups is 2. The molecule has 0 saturated carbocycles. The van der Waals surface area contributed by atoms with Crippen molar-refractivity contribution in [1.82, 2.24) is 14.8 Å². The highest BCUT2D eigenvalue weighted by Gasteiger charge is 2.23. The number of aromatic nitrogens is 3. The molecule has 1 atom stereocenters. The summed E-state index contributed by atoms with van der Waals surface area (Å²) in [7, 11) is 0. The maximum atomic E-state index is 12.9. The van der Waals surface area contributed by atoms with Crippen LogP contribution < -0.4 is 0 Å². The molecule has 0 aliphatic rings. The smallest absolute Gasteiger partial charge is 0.331 e. The van der Waals surface area contributed by atoms with Crippen molar-refractivity contribution in [2.45, 2.75) is 26.5 Å². The summed E-state index contributed by atoms with van der Waals surface area (Å²) in [4.78, 5) is 28.3. The molecule has 0 aliphatic heterocycles. The fourth-order valence-electron chi connectivity index (χ4n) is 3.55. The standard InChI is InChI=1S/C25H23N3O3/c1-17-24(21-10-6-7-11-22(21)27-17)25(30)18(2)31-23(29)13-12-20-14-26-28(16-20)15-19-8-4-3-5-9-19/h3-14,16,18,27H,15H2,1-2H3/b13-12+/t18-/m1/s1. The van der Waals surface area contributed by atoms with E-state index in [9.17, 15) is 9.59 Å². The van der Waals surface area contributed by atoms with Gasteiger partial charge in [0.25, 0.3) is 0 Å². The van der Waals surface area contributed by atoms with Gasteiger partial charge in [-0.25, -0.2) is 4.79 Å². The number of carbonyl (C=O) groups excluding carboxylic acids is 2. The van der Waals surface area contributed by atoms with Gasteiger partial charge in [0, 0.05) is 40.0 Å². The van der Waals surface area contributed by atoms with Gasteiger partial charge in [-0.15, -0.1) is 0 Å². The molecule has 6 nitrogen and oxygen atoms in total. The summed E-state index contributed by atoms with van der Waals surface area (Å²) in [5.41, 5.74) is 4.12. The number of hydrogen-bond donors (Lipinski definition) is 1. The van der Waals surface area contributed by atoms with E-state index in [1.54, 1.807) is 23.9 Å². The number of ketones is 1. The first-order valence-electron chi connectivity index (χ1n) is 10.1. The number of para-hydroxylation sites is 1. The first-order valence-corrected chi connectivity index (χ1v) is 10.1. The Morgan fingerprint density at radius 2 is 1.87 bits per heavy atom. The van der Waals surface area contributed by atoms with Crippen LogP contribution in [-0.2, 0) is 16.1 Å². The molecule has 0 bridgehead atoms. The Labute approximate surface area is 180 Å². The Kier molecular flexibility index (Phi) is 5.80. The number of esters is 1. The van der Waals surface area contributed by atoms with Crippen molar-refractivity contribution in [2.75, 3.05) is 0 Å². The van der Waals surface area contributed by atoms with Gasteiger partial charge < -0.3 is 9.72 Å². The van der Waals surface area contributed by atoms with E-state index in [0.29, 0.717) is 12.1 Å². The topological polar surface area (TPSA) is 77.0 Å². The van der Waals surface area contributed by atoms with Crippen LogP contribution in [0.4, 0.5) is 0 Å². The second kappa shape index (κ2) is 8.83. The van der Waals surface area contributed by atoms with Crippen LogP contribution in [0.15, 0.2) is 73.1 Å². The summed E-state index contributed by atoms with van der Waals surface area (Å²) in [6.45, 7) is 4.08. The molecule has 2 aromatic carbocycles. The molecule has 4 rings (SSSR count). The Balaban J connectivity index is 1.38. The van der Waals surface area contributed by atoms with Crippen LogP contribution in [0.5, 0.6) is 0 Å². The fraction of sp³-hybridized carbons (Fsp3) is 0.160. The fourth-order valence-corrected chi connectivity index (χ4v) is 3.55. The van der Waals surface area contributed by atoms with Crippen molar-refractivity contribution in [3.63, 3.8) is 0 Å². The summed E-state index contributed by atoms with van der Waals surface area (Å²) in [5, 5.41) is 5.13. The molecule has 31 heavy (non-hydrogen) atoms. The monoisotopic (exact) mass is 413 g/mol. The zero-order valence-corrected chi connectivity index (χ0v) is 17.4. The SMILES string of the molecule is Cc1[nH]c2ccccc2c1C(=O)[C@@H](C)OC(=O)/C=C/c1cnn(Cc2ccccc2)c1. The van der Waals surface area contributed by atoms with Gasteiger partial charge in [-0.3, -0.25) is 9.48 Å². The summed E-state index contributed by atoms with van der Waals surface area (Å²) < 4.78 is 7.15. The van der Waals surface area contributed by atoms with Crippen LogP contribution >= 0.6 is 0 Å². The number of ether oxygens (including phenoxy) is 1. The molecule has 6 heteroatoms. The number of aryl methyl sites for hydroxylation is 1. The lowest BCUT2D eigenvalue weighted by Crippen LogP contribution is -2.24. The van der Waals surface area contributed by atoms with Crippen molar-refractivity contribution in [2.24, 2.45) is 0 Å². The summed E-state index contributed by atoms with van der Waals surface area (Å²) >= 11 is 0. The molecule has 0 unspecified atom stereocenters. The Morgan fingerprint density at radius 1 is 1.13 bits per heavy atom. The summed E-state index contributed by atoms with van der Waals surface area (Å²) in [6, 6.07) is 17.6. The molecule has 0 aliphatic carbocycles. The molecule has 0 spiro atoms. The predicted molar refractivity (Wildman–Crippen MR) is 120 cm³/mol. The Hall–Kier alpha value is -3.93. The first kappa shape index (κ1) is 20.3. The zero-order chi connectivity index (χ0) is 21.8. The quantitative estimate of drug-likeness (QED) is 0.274. The van der Waals surface area contributed by atoms with Gasteiger partial charge in [0.05, 0.1) is 12.7 Å². The van der Waals surface area contributed by atoms with Crippen molar-refractivity contribution < 1.29 is 14.3 Å². The number of benzene rings is 2. The summed E-state index contributed by atoms with van der Waals surface area (Å²) in [6.07, 6.45) is 5.58. The predicted octanol–water partition coefficient (Wildman–Crippen LogP) is 4.55. The van der Waals surface area contributed by atoms with Gasteiger partial charge in [0.1, 0.15) is 0 Å². The lowest BCUT2D eigenvalue weighted by molar-refractivity contribution is -0.140. The van der Waals surface area contributed by atoms with Crippen LogP contribution in [-0.4, -0.2) is 32.6 Å². The Bertz CT molecular complexity index is 1250. The highest BCUT2D eigenvalue weighted by atomic mass is 16.5. The van der Waals surface area contributed by atoms with Gasteiger partial charge in [-0.2, -0.15) is 5.10 Å². The van der Waals surface area contributed by atoms with Crippen LogP contribution in [0.25, 0.3) is 17.0 Å². The van der Waals surface area contributed by atoms with Crippen molar-refractivity contribution in [3.05, 3.63) is 95.5 Å². The van der Waals surface area contributed by atoms with Crippen LogP contribution in [0.3, 0.4) is 0 Å². The van der Waals surface area contributed by atoms with E-state index in [1.807, 2.05) is 67.7 Å². The summed E-state index contributed by atoms with van der Waals surface area (Å²) in [5.74, 6) is -0.804. The van der Waals surface area contributed by atoms with Gasteiger partial charge >= 0.3 is 5.97 Å². The lowest BCUT2D eigenvalue weighted by atomic mass is 10.0. The minimum atomic E-state index is -0.893. The zero-order valence-electron chi connectivity index (χ0n) is 17.4. The molecule has 4 aromatic rings. The molecule has 2 aromatic heterocycles. The number of nitrogens with zero attached hydrogens (tertiary/aromatic N) is 2. The largest absolute Gasteiger partial charge is 0.451 e. The number of Topliss-reactive ketones (excluding diaryl/α,β-unsaturated/α-hetero) is 1. The third-order valence-electron chi connectivity index (χ3n) is 5.05. The number of hydrogen-bond acceptors (Lipinski definition) is 4. The molecule has 0 saturated heterocycles. The highest BCUT2D eigenvalue weighted by molar-refractivity contribution is 6.11. The molecule has 0 fully saturated rings. The van der Waals surface area contributed by atoms with Gasteiger partial charge in [-0.1, -0.05) is 48.5 Å². The number of fused-ring (bicyclic) bond motifs is 1. The van der Waals surface area contributed by atoms with Crippen LogP contribution in [0.1, 0.15) is 34.1 Å². The molecular weight excluding hydrogens is 390 g/mol. The molecular formula is C25H23N3O3. The van der Waals surface area contributed by atoms with Gasteiger partial charge in [-0.05, 0) is 31.6 Å². The van der Waals surface area contributed by atoms with E-state index in [1.165, 1.54) is 6.08 Å². The number of H-pyrrole nitrogens is 1. The van der Waals surface area contributed by atoms with E-state index in [2.05, 4.69) is 10.1 Å². The van der Waals surface area contributed by atoms with Crippen molar-refractivity contribution in [3.8, 4) is 0 Å². The minimum Gasteiger partial charge on any atom is -0.451 e. The molecule has 156 valence electrons. The maximum Gasteiger partial charge on any atom is 0.331 e. The van der Waals surface area contributed by atoms with E-state index in [-0.39, 0.29) is 5.78 Å². The second-order valence-corrected chi connectivity index (χ2v) is 7.40. The van der Waals surface area contributed by atoms with E-state index in [4.69, 9.17) is 4.74 Å². The van der Waals surface area contributed by atoms with E-state index >= 15 is 0 Å². The first-order chi connectivity index (χ1) is 15.0. The molecule has 0 amide bonds. The Morgan fingerprint density at radius 3 is 2.68 bits per heavy atom. The van der Waals surface area contributed by atoms with E-state index in [0.717, 1.165) is 27.7 Å². The van der Waals surface area contributed by atoms with Crippen molar-refractivity contribution in [1.29, 1.82) is 0 Å². The highest BCUT2D eigenvalue weighted by Crippen LogP contribution is 2.23. The lowest BCUT2D eigenvalue weighted by Gasteiger charge is -2.11. The van der Waals surface area contributed by atoms with Crippen LogP contribution in [0, 0.1) is 6.92 Å². The normalized spacial score (nSPS) is 12.3. The maximum absolute atomic E-state index is 12.9. The van der Waals surface area contributed by atoms with Crippen molar-refractivity contribution >= 4 is 28.7 Å². The van der Waals surface area contributed by atoms with Gasteiger partial charge in [0.2, 0.25) is 5.78 Å². The minimum absolute atomic E-state index is 0.229. The number of nitrogens with one attached hydrogen (secondary N) is 1. The molecule has 2 heterocycles. The number of aromatic amines is 1. The molecule has 1 N–H and O–H groups in total. The average molecular weight is 413 g/mol. The number of rotatable bonds is 7. The third kappa shape index (κ3) is 4.64. The van der Waals surface area contributed by atoms with Crippen LogP contribution in [0.2, 0.25) is 0 Å².